The zero-order valence-corrected chi connectivity index (χ0v) is 16.5. The number of hydrogen-bond donors (Lipinski definition) is 1. The van der Waals surface area contributed by atoms with Crippen LogP contribution in [0.3, 0.4) is 0 Å². The van der Waals surface area contributed by atoms with Crippen molar-refractivity contribution >= 4 is 11.6 Å². The molecule has 4 fully saturated rings. The van der Waals surface area contributed by atoms with Gasteiger partial charge >= 0.3 is 0 Å². The molecule has 7 nitrogen and oxygen atoms in total. The molecule has 28 heavy (non-hydrogen) atoms. The summed E-state index contributed by atoms with van der Waals surface area (Å²) in [7, 11) is 2.85. The Morgan fingerprint density at radius 3 is 2.14 bits per heavy atom. The predicted octanol–water partition coefficient (Wildman–Crippen LogP) is 3.95. The van der Waals surface area contributed by atoms with Gasteiger partial charge in [-0.15, -0.1) is 0 Å². The second-order valence-electron chi connectivity index (χ2n) is 8.90. The van der Waals surface area contributed by atoms with Crippen LogP contribution in [-0.2, 0) is 0 Å². The van der Waals surface area contributed by atoms with E-state index in [2.05, 4.69) is 5.32 Å². The van der Waals surface area contributed by atoms with E-state index in [4.69, 9.17) is 9.47 Å². The Labute approximate surface area is 164 Å². The standard InChI is InChI=1S/C21H28N2O5/c1-27-18-8-16(17(23(25)26)9-19(18)28-2)20(24)22-4-3-21-10-13-5-14(11-21)7-15(6-13)12-21/h8-9,13-15H,3-7,10-12H2,1-2H3,(H,22,24). The van der Waals surface area contributed by atoms with Crippen LogP contribution in [0.15, 0.2) is 12.1 Å². The summed E-state index contributed by atoms with van der Waals surface area (Å²) in [6, 6.07) is 2.63. The Balaban J connectivity index is 1.45. The SMILES string of the molecule is COc1cc(C(=O)NCCC23CC4CC(CC(C4)C2)C3)c([N+](=O)[O-])cc1OC. The normalized spacial score (nSPS) is 30.1. The molecule has 0 aromatic heterocycles. The number of nitrogens with one attached hydrogen (secondary N) is 1. The van der Waals surface area contributed by atoms with Crippen LogP contribution < -0.4 is 14.8 Å². The summed E-state index contributed by atoms with van der Waals surface area (Å²) in [6.45, 7) is 0.552. The van der Waals surface area contributed by atoms with Gasteiger partial charge in [0.25, 0.3) is 11.6 Å². The molecule has 0 saturated heterocycles. The molecule has 4 aliphatic carbocycles. The average molecular weight is 388 g/mol. The summed E-state index contributed by atoms with van der Waals surface area (Å²) in [6.07, 6.45) is 8.99. The van der Waals surface area contributed by atoms with E-state index < -0.39 is 10.8 Å². The van der Waals surface area contributed by atoms with E-state index in [1.807, 2.05) is 0 Å². The van der Waals surface area contributed by atoms with E-state index >= 15 is 0 Å². The van der Waals surface area contributed by atoms with Crippen molar-refractivity contribution in [3.63, 3.8) is 0 Å². The Hall–Kier alpha value is -2.31. The van der Waals surface area contributed by atoms with Crippen LogP contribution in [0.25, 0.3) is 0 Å². The highest BCUT2D eigenvalue weighted by molar-refractivity contribution is 5.99. The topological polar surface area (TPSA) is 90.7 Å². The first kappa shape index (κ1) is 19.0. The molecule has 1 N–H and O–H groups in total. The van der Waals surface area contributed by atoms with Crippen LogP contribution in [0, 0.1) is 33.3 Å². The van der Waals surface area contributed by atoms with Crippen molar-refractivity contribution in [2.75, 3.05) is 20.8 Å². The van der Waals surface area contributed by atoms with Crippen molar-refractivity contribution in [3.8, 4) is 11.5 Å². The largest absolute Gasteiger partial charge is 0.493 e. The highest BCUT2D eigenvalue weighted by Gasteiger charge is 2.50. The van der Waals surface area contributed by atoms with Crippen molar-refractivity contribution in [2.45, 2.75) is 44.9 Å². The van der Waals surface area contributed by atoms with Gasteiger partial charge in [-0.2, -0.15) is 0 Å². The fourth-order valence-corrected chi connectivity index (χ4v) is 6.33. The van der Waals surface area contributed by atoms with Gasteiger partial charge in [0.1, 0.15) is 5.56 Å². The molecule has 152 valence electrons. The number of nitro groups is 1. The number of nitro benzene ring substituents is 1. The molecule has 0 radical (unpaired) electrons. The molecule has 7 heteroatoms. The number of amides is 1. The van der Waals surface area contributed by atoms with Crippen LogP contribution in [0.1, 0.15) is 55.3 Å². The maximum absolute atomic E-state index is 12.7. The zero-order valence-electron chi connectivity index (χ0n) is 16.5. The average Bonchev–Trinajstić information content (AvgIpc) is 2.65. The minimum Gasteiger partial charge on any atom is -0.493 e. The van der Waals surface area contributed by atoms with Crippen molar-refractivity contribution in [1.82, 2.24) is 5.32 Å². The van der Waals surface area contributed by atoms with Gasteiger partial charge in [-0.05, 0) is 68.1 Å². The van der Waals surface area contributed by atoms with Gasteiger partial charge in [0.05, 0.1) is 25.2 Å². The van der Waals surface area contributed by atoms with Gasteiger partial charge in [-0.3, -0.25) is 14.9 Å². The van der Waals surface area contributed by atoms with Gasteiger partial charge in [-0.1, -0.05) is 0 Å². The molecular weight excluding hydrogens is 360 g/mol. The van der Waals surface area contributed by atoms with Crippen molar-refractivity contribution in [3.05, 3.63) is 27.8 Å². The molecule has 4 saturated carbocycles. The Bertz CT molecular complexity index is 756. The van der Waals surface area contributed by atoms with E-state index in [-0.39, 0.29) is 17.0 Å². The first-order valence-electron chi connectivity index (χ1n) is 10.1. The quantitative estimate of drug-likeness (QED) is 0.564. The first-order chi connectivity index (χ1) is 13.4. The molecular formula is C21H28N2O5. The first-order valence-corrected chi connectivity index (χ1v) is 10.1. The molecule has 0 unspecified atom stereocenters. The Morgan fingerprint density at radius 1 is 1.11 bits per heavy atom. The Morgan fingerprint density at radius 2 is 1.64 bits per heavy atom. The van der Waals surface area contributed by atoms with Gasteiger partial charge in [0, 0.05) is 12.6 Å². The van der Waals surface area contributed by atoms with Crippen molar-refractivity contribution in [1.29, 1.82) is 0 Å². The number of ether oxygens (including phenoxy) is 2. The molecule has 0 heterocycles. The minimum atomic E-state index is -0.560. The number of nitrogens with zero attached hydrogens (tertiary/aromatic N) is 1. The third kappa shape index (κ3) is 3.42. The van der Waals surface area contributed by atoms with Crippen LogP contribution in [-0.4, -0.2) is 31.6 Å². The number of rotatable bonds is 7. The number of hydrogen-bond acceptors (Lipinski definition) is 5. The highest BCUT2D eigenvalue weighted by Crippen LogP contribution is 2.61. The van der Waals surface area contributed by atoms with Gasteiger partial charge in [-0.25, -0.2) is 0 Å². The molecule has 4 aliphatic rings. The summed E-state index contributed by atoms with van der Waals surface area (Å²) in [4.78, 5) is 23.6. The lowest BCUT2D eigenvalue weighted by atomic mass is 9.49. The third-order valence-corrected chi connectivity index (χ3v) is 7.05. The minimum absolute atomic E-state index is 0.00756. The van der Waals surface area contributed by atoms with E-state index in [9.17, 15) is 14.9 Å². The van der Waals surface area contributed by atoms with Gasteiger partial charge < -0.3 is 14.8 Å². The van der Waals surface area contributed by atoms with E-state index in [1.165, 1.54) is 64.9 Å². The summed E-state index contributed by atoms with van der Waals surface area (Å²) < 4.78 is 10.3. The monoisotopic (exact) mass is 388 g/mol. The molecule has 0 spiro atoms. The highest BCUT2D eigenvalue weighted by atomic mass is 16.6. The lowest BCUT2D eigenvalue weighted by molar-refractivity contribution is -0.385. The summed E-state index contributed by atoms with van der Waals surface area (Å²) in [5.74, 6) is 2.72. The summed E-state index contributed by atoms with van der Waals surface area (Å²) in [5, 5.41) is 14.3. The molecule has 5 rings (SSSR count). The fraction of sp³-hybridized carbons (Fsp3) is 0.667. The molecule has 0 aliphatic heterocycles. The maximum Gasteiger partial charge on any atom is 0.286 e. The maximum atomic E-state index is 12.7. The van der Waals surface area contributed by atoms with Crippen LogP contribution in [0.2, 0.25) is 0 Å². The summed E-state index contributed by atoms with van der Waals surface area (Å²) in [5.41, 5.74) is 0.101. The van der Waals surface area contributed by atoms with Crippen LogP contribution in [0.4, 0.5) is 5.69 Å². The van der Waals surface area contributed by atoms with Gasteiger partial charge in [0.15, 0.2) is 11.5 Å². The number of carbonyl (C=O) groups is 1. The van der Waals surface area contributed by atoms with E-state index in [0.717, 1.165) is 24.2 Å². The number of methoxy groups -OCH3 is 2. The van der Waals surface area contributed by atoms with Gasteiger partial charge in [0.2, 0.25) is 0 Å². The van der Waals surface area contributed by atoms with E-state index in [0.29, 0.717) is 17.7 Å². The van der Waals surface area contributed by atoms with Crippen molar-refractivity contribution < 1.29 is 19.2 Å². The molecule has 1 amide bonds. The number of carbonyl (C=O) groups excluding carboxylic acids is 1. The molecule has 1 aromatic carbocycles. The second-order valence-corrected chi connectivity index (χ2v) is 8.90. The molecule has 1 aromatic rings. The number of benzene rings is 1. The predicted molar refractivity (Wildman–Crippen MR) is 104 cm³/mol. The fourth-order valence-electron chi connectivity index (χ4n) is 6.33. The van der Waals surface area contributed by atoms with E-state index in [1.54, 1.807) is 0 Å². The van der Waals surface area contributed by atoms with Crippen LogP contribution >= 0.6 is 0 Å². The summed E-state index contributed by atoms with van der Waals surface area (Å²) >= 11 is 0. The smallest absolute Gasteiger partial charge is 0.286 e. The molecule has 0 atom stereocenters. The Kier molecular flexibility index (Phi) is 4.93. The van der Waals surface area contributed by atoms with Crippen molar-refractivity contribution in [2.24, 2.45) is 23.2 Å². The van der Waals surface area contributed by atoms with Crippen LogP contribution in [0.5, 0.6) is 11.5 Å². The zero-order chi connectivity index (χ0) is 19.9. The second kappa shape index (κ2) is 7.26. The molecule has 4 bridgehead atoms. The third-order valence-electron chi connectivity index (χ3n) is 7.05. The lowest BCUT2D eigenvalue weighted by Crippen LogP contribution is -2.47. The lowest BCUT2D eigenvalue weighted by Gasteiger charge is -2.57.